The number of ether oxygens (including phenoxy) is 6. The highest BCUT2D eigenvalue weighted by molar-refractivity contribution is 7.13. The molecular formula is C64H83ClN6O13S. The van der Waals surface area contributed by atoms with Gasteiger partial charge in [-0.25, -0.2) is 4.98 Å². The van der Waals surface area contributed by atoms with Crippen LogP contribution in [0.2, 0.25) is 0 Å². The lowest BCUT2D eigenvalue weighted by Crippen LogP contribution is -2.57. The van der Waals surface area contributed by atoms with E-state index in [1.54, 1.807) is 35.6 Å². The summed E-state index contributed by atoms with van der Waals surface area (Å²) in [5, 5.41) is 36.3. The molecule has 0 aliphatic carbocycles. The highest BCUT2D eigenvalue weighted by atomic mass is 35.5. The number of aromatic nitrogens is 1. The number of alkyl halides is 1. The molecule has 3 atom stereocenters. The summed E-state index contributed by atoms with van der Waals surface area (Å²) < 4.78 is 34.2. The predicted octanol–water partition coefficient (Wildman–Crippen LogP) is 7.31. The van der Waals surface area contributed by atoms with Gasteiger partial charge in [0, 0.05) is 64.5 Å². The first-order chi connectivity index (χ1) is 41.1. The number of likely N-dealkylation sites (tertiary alicyclic amines) is 1. The number of piperazine rings is 1. The Labute approximate surface area is 508 Å². The number of β-amino-alcohol motifs (C(OH)–C–C–N with tert-alkyl or cyclic N) is 1. The summed E-state index contributed by atoms with van der Waals surface area (Å²) in [4.78, 5) is 64.3. The minimum absolute atomic E-state index is 0.0114. The minimum Gasteiger partial charge on any atom is -0.508 e. The zero-order chi connectivity index (χ0) is 60.6. The number of carbonyl (C=O) groups excluding carboxylic acids is 4. The molecule has 5 aromatic rings. The third-order valence-electron chi connectivity index (χ3n) is 14.7. The number of aryl methyl sites for hydroxylation is 1. The summed E-state index contributed by atoms with van der Waals surface area (Å²) >= 11 is 7.88. The normalized spacial score (nSPS) is 16.3. The van der Waals surface area contributed by atoms with Crippen molar-refractivity contribution in [3.8, 4) is 27.7 Å². The fourth-order valence-corrected chi connectivity index (χ4v) is 11.0. The predicted molar refractivity (Wildman–Crippen MR) is 327 cm³/mol. The first-order valence-corrected chi connectivity index (χ1v) is 30.5. The van der Waals surface area contributed by atoms with E-state index in [2.05, 4.69) is 20.5 Å². The van der Waals surface area contributed by atoms with Gasteiger partial charge >= 0.3 is 0 Å². The summed E-state index contributed by atoms with van der Waals surface area (Å²) in [5.41, 5.74) is 8.88. The summed E-state index contributed by atoms with van der Waals surface area (Å²) in [5.74, 6) is 0.423. The molecule has 2 aliphatic rings. The van der Waals surface area contributed by atoms with Gasteiger partial charge in [-0.1, -0.05) is 81.4 Å². The van der Waals surface area contributed by atoms with E-state index >= 15 is 0 Å². The van der Waals surface area contributed by atoms with E-state index < -0.39 is 29.5 Å². The topological polar surface area (TPSA) is 231 Å². The number of allylic oxidation sites excluding steroid dienone is 1. The third kappa shape index (κ3) is 20.9. The standard InChI is InChI=1S/C64H83ClN6O13S/c1-45-60(85-44-67-45)50-7-5-46(6-8-50)42-66-62(77)56-41-53(74)43-71(56)63(78)61(64(2,3)4)68-57(75)22-30-79-33-35-81-37-39-83-40-38-82-36-34-80-31-23-58(76)70-27-25-69(26-28-70)29-32-84-54-19-13-49(14-20-54)59(48-11-17-52(73)18-12-48)55(21-24-65)47-9-15-51(72)16-10-47/h5-20,44,53,56,61,72-74H,21-43H2,1-4H3,(H,66,77)(H,68,75)/t53-,56+,61-/m1/s1. The lowest BCUT2D eigenvalue weighted by molar-refractivity contribution is -0.144. The number of aromatic hydroxyl groups is 2. The van der Waals surface area contributed by atoms with Gasteiger partial charge in [-0.2, -0.15) is 0 Å². The van der Waals surface area contributed by atoms with Crippen molar-refractivity contribution >= 4 is 57.7 Å². The Bertz CT molecular complexity index is 2900. The Morgan fingerprint density at radius 3 is 1.78 bits per heavy atom. The zero-order valence-electron chi connectivity index (χ0n) is 49.3. The summed E-state index contributed by atoms with van der Waals surface area (Å²) in [6.45, 7) is 15.0. The maximum absolute atomic E-state index is 14.0. The average molecular weight is 1210 g/mol. The second kappa shape index (κ2) is 34.0. The van der Waals surface area contributed by atoms with Gasteiger partial charge in [-0.15, -0.1) is 22.9 Å². The quantitative estimate of drug-likeness (QED) is 0.0158. The van der Waals surface area contributed by atoms with Crippen molar-refractivity contribution in [1.82, 2.24) is 30.3 Å². The minimum atomic E-state index is -0.937. The van der Waals surface area contributed by atoms with Crippen LogP contribution in [0.5, 0.6) is 17.2 Å². The molecule has 2 saturated heterocycles. The van der Waals surface area contributed by atoms with Crippen LogP contribution in [0.3, 0.4) is 0 Å². The number of nitrogens with zero attached hydrogens (tertiary/aromatic N) is 4. The molecule has 460 valence electrons. The lowest BCUT2D eigenvalue weighted by atomic mass is 9.85. The lowest BCUT2D eigenvalue weighted by Gasteiger charge is -2.35. The van der Waals surface area contributed by atoms with Gasteiger partial charge in [-0.05, 0) is 94.1 Å². The Morgan fingerprint density at radius 2 is 1.24 bits per heavy atom. The number of phenols is 2. The molecular weight excluding hydrogens is 1130 g/mol. The Kier molecular flexibility index (Phi) is 26.5. The molecule has 2 aliphatic heterocycles. The Hall–Kier alpha value is -6.46. The van der Waals surface area contributed by atoms with Crippen molar-refractivity contribution in [2.75, 3.05) is 118 Å². The zero-order valence-corrected chi connectivity index (χ0v) is 50.9. The molecule has 0 saturated carbocycles. The number of aliphatic hydroxyl groups is 1. The van der Waals surface area contributed by atoms with Crippen LogP contribution in [0.15, 0.2) is 103 Å². The smallest absolute Gasteiger partial charge is 0.246 e. The van der Waals surface area contributed by atoms with Gasteiger partial charge in [0.25, 0.3) is 0 Å². The number of benzene rings is 4. The largest absolute Gasteiger partial charge is 0.508 e. The molecule has 4 amide bonds. The first kappa shape index (κ1) is 66.1. The molecule has 7 rings (SSSR count). The molecule has 0 bridgehead atoms. The monoisotopic (exact) mass is 1210 g/mol. The number of hydrogen-bond acceptors (Lipinski definition) is 16. The molecule has 2 fully saturated rings. The van der Waals surface area contributed by atoms with E-state index in [0.717, 1.165) is 74.9 Å². The number of rotatable bonds is 33. The molecule has 4 aromatic carbocycles. The van der Waals surface area contributed by atoms with Gasteiger partial charge in [0.15, 0.2) is 0 Å². The summed E-state index contributed by atoms with van der Waals surface area (Å²) in [6.07, 6.45) is 0.151. The van der Waals surface area contributed by atoms with Crippen molar-refractivity contribution in [3.05, 3.63) is 131 Å². The third-order valence-corrected chi connectivity index (χ3v) is 15.9. The molecule has 3 heterocycles. The van der Waals surface area contributed by atoms with Crippen molar-refractivity contribution in [3.63, 3.8) is 0 Å². The van der Waals surface area contributed by atoms with Crippen molar-refractivity contribution in [1.29, 1.82) is 0 Å². The number of hydrogen-bond donors (Lipinski definition) is 5. The van der Waals surface area contributed by atoms with E-state index in [1.165, 1.54) is 4.90 Å². The van der Waals surface area contributed by atoms with Crippen LogP contribution in [-0.2, 0) is 49.4 Å². The summed E-state index contributed by atoms with van der Waals surface area (Å²) in [7, 11) is 0. The van der Waals surface area contributed by atoms with Crippen molar-refractivity contribution < 1.29 is 62.9 Å². The van der Waals surface area contributed by atoms with Crippen LogP contribution in [0, 0.1) is 12.3 Å². The van der Waals surface area contributed by atoms with Gasteiger partial charge in [0.1, 0.15) is 35.9 Å². The number of aliphatic hydroxyl groups excluding tert-OH is 1. The van der Waals surface area contributed by atoms with Crippen LogP contribution in [0.25, 0.3) is 21.6 Å². The second-order valence-electron chi connectivity index (χ2n) is 22.0. The van der Waals surface area contributed by atoms with E-state index in [-0.39, 0.29) is 68.4 Å². The van der Waals surface area contributed by atoms with Gasteiger partial charge < -0.3 is 64.2 Å². The summed E-state index contributed by atoms with van der Waals surface area (Å²) in [6, 6.07) is 28.2. The molecule has 19 nitrogen and oxygen atoms in total. The van der Waals surface area contributed by atoms with Crippen LogP contribution < -0.4 is 15.4 Å². The fraction of sp³-hybridized carbons (Fsp3) is 0.484. The van der Waals surface area contributed by atoms with Crippen molar-refractivity contribution in [2.24, 2.45) is 5.41 Å². The van der Waals surface area contributed by atoms with E-state index in [1.807, 2.05) is 111 Å². The van der Waals surface area contributed by atoms with E-state index in [4.69, 9.17) is 40.0 Å². The van der Waals surface area contributed by atoms with Crippen molar-refractivity contribution in [2.45, 2.75) is 78.1 Å². The average Bonchev–Trinajstić information content (AvgIpc) is 2.80. The highest BCUT2D eigenvalue weighted by Crippen LogP contribution is 2.37. The molecule has 0 unspecified atom stereocenters. The fourth-order valence-electron chi connectivity index (χ4n) is 10.0. The van der Waals surface area contributed by atoms with Gasteiger partial charge in [0.05, 0.1) is 94.7 Å². The number of thiazole rings is 1. The maximum Gasteiger partial charge on any atom is 0.246 e. The molecule has 0 spiro atoms. The first-order valence-electron chi connectivity index (χ1n) is 29.1. The highest BCUT2D eigenvalue weighted by Gasteiger charge is 2.44. The molecule has 21 heteroatoms. The van der Waals surface area contributed by atoms with Crippen LogP contribution in [0.1, 0.15) is 74.4 Å². The Balaban J connectivity index is 0.671. The molecule has 85 heavy (non-hydrogen) atoms. The van der Waals surface area contributed by atoms with E-state index in [0.29, 0.717) is 91.3 Å². The van der Waals surface area contributed by atoms with Crippen LogP contribution >= 0.6 is 22.9 Å². The maximum atomic E-state index is 14.0. The number of amides is 4. The SMILES string of the molecule is Cc1ncsc1-c1ccc(CNC(=O)[C@@H]2C[C@@H](O)CN2C(=O)[C@@H](NC(=O)CCOCCOCCOCCOCCOCCC(=O)N2CCN(CCOc3ccc(C(=C(CCCl)c4ccc(O)cc4)c4ccc(O)cc4)cc3)CC2)C(C)(C)C)cc1. The number of halogens is 1. The van der Waals surface area contributed by atoms with Crippen LogP contribution in [-0.4, -0.2) is 195 Å². The van der Waals surface area contributed by atoms with Gasteiger partial charge in [-0.3, -0.25) is 24.1 Å². The Morgan fingerprint density at radius 1 is 0.694 bits per heavy atom. The number of carbonyl (C=O) groups is 4. The number of phenolic OH excluding ortho intramolecular Hbond substituents is 2. The van der Waals surface area contributed by atoms with Crippen LogP contribution in [0.4, 0.5) is 0 Å². The molecule has 5 N–H and O–H groups in total. The second-order valence-corrected chi connectivity index (χ2v) is 23.2. The molecule has 0 radical (unpaired) electrons. The number of nitrogens with one attached hydrogen (secondary N) is 2. The van der Waals surface area contributed by atoms with E-state index in [9.17, 15) is 34.5 Å². The van der Waals surface area contributed by atoms with Gasteiger partial charge in [0.2, 0.25) is 23.6 Å². The molecule has 1 aromatic heterocycles.